The number of piperidine rings is 1. The lowest BCUT2D eigenvalue weighted by atomic mass is 9.97. The number of anilines is 1. The number of amides is 3. The third-order valence-corrected chi connectivity index (χ3v) is 6.54. The number of aliphatic hydroxyl groups excluding tert-OH is 1. The van der Waals surface area contributed by atoms with E-state index in [9.17, 15) is 19.5 Å². The molecule has 162 valence electrons. The van der Waals surface area contributed by atoms with Gasteiger partial charge in [0.15, 0.2) is 0 Å². The maximum absolute atomic E-state index is 13.1. The fraction of sp³-hybridized carbons (Fsp3) is 0.619. The van der Waals surface area contributed by atoms with Gasteiger partial charge in [0, 0.05) is 45.3 Å². The van der Waals surface area contributed by atoms with Crippen LogP contribution in [0.2, 0.25) is 0 Å². The zero-order valence-electron chi connectivity index (χ0n) is 17.3. The summed E-state index contributed by atoms with van der Waals surface area (Å²) in [6.07, 6.45) is 4.56. The smallest absolute Gasteiger partial charge is 0.256 e. The number of likely N-dealkylation sites (tertiary alicyclic amines) is 2. The van der Waals surface area contributed by atoms with Crippen molar-refractivity contribution in [1.29, 1.82) is 0 Å². The second-order valence-corrected chi connectivity index (χ2v) is 8.55. The highest BCUT2D eigenvalue weighted by Gasteiger charge is 2.42. The average Bonchev–Trinajstić information content (AvgIpc) is 2.92. The highest BCUT2D eigenvalue weighted by Crippen LogP contribution is 2.31. The Morgan fingerprint density at radius 3 is 2.97 bits per heavy atom. The maximum Gasteiger partial charge on any atom is 0.256 e. The molecule has 1 aromatic rings. The lowest BCUT2D eigenvalue weighted by molar-refractivity contribution is -0.146. The van der Waals surface area contributed by atoms with Gasteiger partial charge in [-0.15, -0.1) is 0 Å². The zero-order chi connectivity index (χ0) is 21.3. The molecule has 3 N–H and O–H groups in total. The van der Waals surface area contributed by atoms with Crippen LogP contribution in [0.15, 0.2) is 18.3 Å². The van der Waals surface area contributed by atoms with E-state index in [4.69, 9.17) is 0 Å². The van der Waals surface area contributed by atoms with Crippen LogP contribution in [-0.4, -0.2) is 75.6 Å². The average molecular weight is 415 g/mol. The molecule has 4 heterocycles. The van der Waals surface area contributed by atoms with Gasteiger partial charge in [-0.1, -0.05) is 0 Å². The van der Waals surface area contributed by atoms with Gasteiger partial charge >= 0.3 is 0 Å². The summed E-state index contributed by atoms with van der Waals surface area (Å²) < 4.78 is 0. The first-order valence-electron chi connectivity index (χ1n) is 10.7. The van der Waals surface area contributed by atoms with Crippen molar-refractivity contribution in [3.05, 3.63) is 23.9 Å². The minimum atomic E-state index is -0.751. The van der Waals surface area contributed by atoms with Crippen molar-refractivity contribution in [1.82, 2.24) is 20.1 Å². The molecule has 3 unspecified atom stereocenters. The number of pyridine rings is 1. The van der Waals surface area contributed by atoms with Gasteiger partial charge in [-0.3, -0.25) is 14.4 Å². The van der Waals surface area contributed by atoms with E-state index in [0.717, 1.165) is 12.8 Å². The summed E-state index contributed by atoms with van der Waals surface area (Å²) in [5, 5.41) is 15.8. The molecule has 0 bridgehead atoms. The molecule has 9 heteroatoms. The summed E-state index contributed by atoms with van der Waals surface area (Å²) in [4.78, 5) is 46.2. The molecule has 2 fully saturated rings. The molecule has 3 aliphatic heterocycles. The van der Waals surface area contributed by atoms with Crippen LogP contribution in [0.25, 0.3) is 0 Å². The molecule has 0 aliphatic carbocycles. The molecule has 0 saturated carbocycles. The largest absolute Gasteiger partial charge is 0.396 e. The van der Waals surface area contributed by atoms with Crippen LogP contribution in [0.3, 0.4) is 0 Å². The molecule has 30 heavy (non-hydrogen) atoms. The number of rotatable bonds is 3. The summed E-state index contributed by atoms with van der Waals surface area (Å²) in [5.74, 6) is 0.253. The Morgan fingerprint density at radius 1 is 1.33 bits per heavy atom. The minimum absolute atomic E-state index is 0.0736. The van der Waals surface area contributed by atoms with Crippen LogP contribution in [0.4, 0.5) is 5.82 Å². The first-order valence-corrected chi connectivity index (χ1v) is 10.7. The van der Waals surface area contributed by atoms with Crippen molar-refractivity contribution in [3.63, 3.8) is 0 Å². The quantitative estimate of drug-likeness (QED) is 0.665. The predicted molar refractivity (Wildman–Crippen MR) is 109 cm³/mol. The highest BCUT2D eigenvalue weighted by atomic mass is 16.3. The Balaban J connectivity index is 1.46. The Labute approximate surface area is 175 Å². The van der Waals surface area contributed by atoms with Gasteiger partial charge in [0.2, 0.25) is 11.8 Å². The van der Waals surface area contributed by atoms with Crippen molar-refractivity contribution < 1.29 is 19.5 Å². The van der Waals surface area contributed by atoms with Crippen molar-refractivity contribution in [2.75, 3.05) is 31.6 Å². The van der Waals surface area contributed by atoms with Gasteiger partial charge in [-0.25, -0.2) is 4.98 Å². The number of hydrogen-bond donors (Lipinski definition) is 3. The molecular formula is C21H29N5O4. The van der Waals surface area contributed by atoms with E-state index in [1.165, 1.54) is 0 Å². The van der Waals surface area contributed by atoms with Crippen LogP contribution >= 0.6 is 0 Å². The van der Waals surface area contributed by atoms with E-state index in [1.807, 2.05) is 0 Å². The van der Waals surface area contributed by atoms with E-state index >= 15 is 0 Å². The first kappa shape index (κ1) is 20.6. The molecule has 9 nitrogen and oxygen atoms in total. The highest BCUT2D eigenvalue weighted by molar-refractivity contribution is 6.01. The van der Waals surface area contributed by atoms with E-state index in [-0.39, 0.29) is 36.7 Å². The Kier molecular flexibility index (Phi) is 5.64. The lowest BCUT2D eigenvalue weighted by Gasteiger charge is -2.39. The zero-order valence-corrected chi connectivity index (χ0v) is 17.3. The Morgan fingerprint density at radius 2 is 2.17 bits per heavy atom. The molecule has 3 atom stereocenters. The summed E-state index contributed by atoms with van der Waals surface area (Å²) in [5.41, 5.74) is -0.263. The number of nitrogens with one attached hydrogen (secondary N) is 2. The van der Waals surface area contributed by atoms with Gasteiger partial charge in [0.05, 0.1) is 5.56 Å². The summed E-state index contributed by atoms with van der Waals surface area (Å²) >= 11 is 0. The van der Waals surface area contributed by atoms with Gasteiger partial charge in [0.25, 0.3) is 5.91 Å². The molecule has 1 spiro atoms. The molecular weight excluding hydrogens is 386 g/mol. The van der Waals surface area contributed by atoms with Crippen LogP contribution in [-0.2, 0) is 9.59 Å². The fourth-order valence-electron chi connectivity index (χ4n) is 4.73. The second kappa shape index (κ2) is 8.22. The summed E-state index contributed by atoms with van der Waals surface area (Å²) in [7, 11) is 0. The molecule has 0 aromatic carbocycles. The number of hydrogen-bond acceptors (Lipinski definition) is 6. The monoisotopic (exact) mass is 415 g/mol. The van der Waals surface area contributed by atoms with Crippen molar-refractivity contribution >= 4 is 23.5 Å². The summed E-state index contributed by atoms with van der Waals surface area (Å²) in [6.45, 7) is 3.39. The topological polar surface area (TPSA) is 115 Å². The van der Waals surface area contributed by atoms with Gasteiger partial charge in [0.1, 0.15) is 17.5 Å². The Hall–Kier alpha value is -2.68. The molecule has 2 saturated heterocycles. The lowest BCUT2D eigenvalue weighted by Crippen LogP contribution is -2.58. The predicted octanol–water partition coefficient (Wildman–Crippen LogP) is 0.565. The van der Waals surface area contributed by atoms with Crippen LogP contribution < -0.4 is 10.6 Å². The SMILES string of the molecule is CC(C(=O)N1CCCC(CO)C1)N1CCC2(CCC1=O)NC(=O)c1cccnc1N2. The van der Waals surface area contributed by atoms with Gasteiger partial charge in [-0.2, -0.15) is 0 Å². The third kappa shape index (κ3) is 3.86. The van der Waals surface area contributed by atoms with Crippen molar-refractivity contribution in [2.24, 2.45) is 5.92 Å². The standard InChI is InChI=1S/C21H29N5O4/c1-14(20(30)25-10-3-4-15(12-25)13-27)26-11-8-21(7-6-17(26)28)23-18-16(19(29)24-21)5-2-9-22-18/h2,5,9,14-15,27H,3-4,6-8,10-13H2,1H3,(H,22,23)(H,24,29). The van der Waals surface area contributed by atoms with Crippen molar-refractivity contribution in [2.45, 2.75) is 50.7 Å². The summed E-state index contributed by atoms with van der Waals surface area (Å²) in [6, 6.07) is 2.85. The van der Waals surface area contributed by atoms with Gasteiger partial charge < -0.3 is 25.5 Å². The maximum atomic E-state index is 13.1. The number of carbonyl (C=O) groups excluding carboxylic acids is 3. The number of fused-ring (bicyclic) bond motifs is 1. The first-order chi connectivity index (χ1) is 14.4. The molecule has 4 rings (SSSR count). The normalized spacial score (nSPS) is 27.7. The molecule has 3 amide bonds. The Bertz CT molecular complexity index is 846. The fourth-order valence-corrected chi connectivity index (χ4v) is 4.73. The molecule has 3 aliphatic rings. The number of carbonyl (C=O) groups is 3. The van der Waals surface area contributed by atoms with Crippen LogP contribution in [0.5, 0.6) is 0 Å². The third-order valence-electron chi connectivity index (χ3n) is 6.54. The second-order valence-electron chi connectivity index (χ2n) is 8.55. The van der Waals surface area contributed by atoms with Crippen LogP contribution in [0, 0.1) is 5.92 Å². The minimum Gasteiger partial charge on any atom is -0.396 e. The van der Waals surface area contributed by atoms with E-state index < -0.39 is 11.7 Å². The van der Waals surface area contributed by atoms with E-state index in [2.05, 4.69) is 15.6 Å². The van der Waals surface area contributed by atoms with E-state index in [0.29, 0.717) is 43.9 Å². The number of aromatic nitrogens is 1. The number of nitrogens with zero attached hydrogens (tertiary/aromatic N) is 3. The van der Waals surface area contributed by atoms with Crippen LogP contribution in [0.1, 0.15) is 49.4 Å². The molecule has 1 aromatic heterocycles. The van der Waals surface area contributed by atoms with E-state index in [1.54, 1.807) is 35.1 Å². The van der Waals surface area contributed by atoms with Gasteiger partial charge in [-0.05, 0) is 44.2 Å². The molecule has 0 radical (unpaired) electrons. The van der Waals surface area contributed by atoms with Crippen molar-refractivity contribution in [3.8, 4) is 0 Å². The number of aliphatic hydroxyl groups is 1.